The summed E-state index contributed by atoms with van der Waals surface area (Å²) in [5.74, 6) is -2.43. The van der Waals surface area contributed by atoms with Crippen molar-refractivity contribution in [1.29, 1.82) is 0 Å². The number of allylic oxidation sites excluding steroid dienone is 12. The van der Waals surface area contributed by atoms with Crippen molar-refractivity contribution in [2.75, 3.05) is 19.8 Å². The van der Waals surface area contributed by atoms with Crippen LogP contribution in [0.2, 0.25) is 0 Å². The van der Waals surface area contributed by atoms with Crippen LogP contribution in [-0.2, 0) is 37.5 Å². The zero-order valence-electron chi connectivity index (χ0n) is 38.0. The standard InChI is InChI=1S/C49H84NO10P/c1-3-5-7-9-11-13-15-17-19-21-23-25-27-29-31-33-35-37-39-41-48(52)60-45(43-58-61(55,56)59-44-46(50)49(53)54)42-57-47(51)40-38-36-34-32-30-28-26-24-22-20-18-16-14-12-10-8-6-4-2/h5,7,11,13,17,19-20,22-23,25,29,31,45-46H,3-4,6,8-10,12,14-16,18,21,24,26-28,30,32-44,50H2,1-2H3,(H,53,54)(H,55,56)/b7-5-,13-11-,19-17-,22-20-,25-23-,31-29-. The minimum Gasteiger partial charge on any atom is -0.480 e. The number of ether oxygens (including phenoxy) is 2. The number of phosphoric ester groups is 1. The highest BCUT2D eigenvalue weighted by Crippen LogP contribution is 2.43. The third kappa shape index (κ3) is 43.4. The first kappa shape index (κ1) is 57.9. The Morgan fingerprint density at radius 3 is 1.41 bits per heavy atom. The van der Waals surface area contributed by atoms with Crippen LogP contribution in [0.15, 0.2) is 72.9 Å². The van der Waals surface area contributed by atoms with Gasteiger partial charge in [-0.1, -0.05) is 164 Å². The molecule has 0 rings (SSSR count). The number of hydrogen-bond acceptors (Lipinski definition) is 9. The molecular formula is C49H84NO10P. The predicted molar refractivity (Wildman–Crippen MR) is 249 cm³/mol. The minimum absolute atomic E-state index is 0.118. The van der Waals surface area contributed by atoms with Gasteiger partial charge in [0.1, 0.15) is 12.6 Å². The van der Waals surface area contributed by atoms with Gasteiger partial charge in [-0.2, -0.15) is 0 Å². The Labute approximate surface area is 370 Å². The Kier molecular flexibility index (Phi) is 41.4. The van der Waals surface area contributed by atoms with Crippen molar-refractivity contribution in [2.24, 2.45) is 5.73 Å². The summed E-state index contributed by atoms with van der Waals surface area (Å²) in [5.41, 5.74) is 5.34. The van der Waals surface area contributed by atoms with E-state index < -0.39 is 51.1 Å². The van der Waals surface area contributed by atoms with E-state index >= 15 is 0 Å². The van der Waals surface area contributed by atoms with Crippen molar-refractivity contribution < 1.29 is 47.5 Å². The molecule has 0 amide bonds. The largest absolute Gasteiger partial charge is 0.480 e. The van der Waals surface area contributed by atoms with Crippen molar-refractivity contribution in [3.05, 3.63) is 72.9 Å². The van der Waals surface area contributed by atoms with Crippen LogP contribution >= 0.6 is 7.82 Å². The van der Waals surface area contributed by atoms with Gasteiger partial charge in [0.15, 0.2) is 6.10 Å². The van der Waals surface area contributed by atoms with Crippen LogP contribution in [0.1, 0.15) is 187 Å². The second-order valence-electron chi connectivity index (χ2n) is 15.5. The number of carboxylic acid groups (broad SMARTS) is 1. The Morgan fingerprint density at radius 2 is 0.918 bits per heavy atom. The number of carboxylic acids is 1. The number of nitrogens with two attached hydrogens (primary N) is 1. The maximum Gasteiger partial charge on any atom is 0.472 e. The first-order valence-electron chi connectivity index (χ1n) is 23.5. The molecule has 0 aromatic rings. The number of unbranched alkanes of at least 4 members (excludes halogenated alkanes) is 17. The molecule has 0 fully saturated rings. The lowest BCUT2D eigenvalue weighted by Crippen LogP contribution is -2.34. The average Bonchev–Trinajstić information content (AvgIpc) is 3.24. The topological polar surface area (TPSA) is 172 Å². The second-order valence-corrected chi connectivity index (χ2v) is 17.0. The second kappa shape index (κ2) is 43.6. The number of carbonyl (C=O) groups excluding carboxylic acids is 2. The van der Waals surface area contributed by atoms with Crippen LogP contribution in [-0.4, -0.2) is 59.9 Å². The van der Waals surface area contributed by atoms with Crippen molar-refractivity contribution in [3.8, 4) is 0 Å². The van der Waals surface area contributed by atoms with Crippen LogP contribution in [0.3, 0.4) is 0 Å². The van der Waals surface area contributed by atoms with E-state index in [-0.39, 0.29) is 19.4 Å². The maximum absolute atomic E-state index is 12.7. The van der Waals surface area contributed by atoms with Crippen LogP contribution in [0.25, 0.3) is 0 Å². The first-order chi connectivity index (χ1) is 29.6. The van der Waals surface area contributed by atoms with Gasteiger partial charge in [-0.3, -0.25) is 23.4 Å². The molecule has 3 atom stereocenters. The molecule has 11 nitrogen and oxygen atoms in total. The van der Waals surface area contributed by atoms with Gasteiger partial charge in [-0.15, -0.1) is 0 Å². The summed E-state index contributed by atoms with van der Waals surface area (Å²) in [6.45, 7) is 2.65. The van der Waals surface area contributed by atoms with E-state index in [1.54, 1.807) is 0 Å². The molecule has 350 valence electrons. The van der Waals surface area contributed by atoms with E-state index in [9.17, 15) is 23.8 Å². The number of aliphatic carboxylic acids is 1. The average molecular weight is 878 g/mol. The number of esters is 2. The molecule has 3 unspecified atom stereocenters. The van der Waals surface area contributed by atoms with Crippen LogP contribution in [0.4, 0.5) is 0 Å². The van der Waals surface area contributed by atoms with E-state index in [1.807, 2.05) is 0 Å². The van der Waals surface area contributed by atoms with Gasteiger partial charge in [-0.25, -0.2) is 4.57 Å². The monoisotopic (exact) mass is 878 g/mol. The lowest BCUT2D eigenvalue weighted by atomic mass is 10.1. The molecule has 12 heteroatoms. The molecule has 4 N–H and O–H groups in total. The SMILES string of the molecule is CC/C=C\C/C=C\C/C=C\C/C=C\C/C=C\CCCCCC(=O)OC(COC(=O)CCCCCCCCC/C=C\CCCCCCCCC)COP(=O)(O)OCC(N)C(=O)O. The summed E-state index contributed by atoms with van der Waals surface area (Å²) in [7, 11) is -4.73. The molecule has 0 bridgehead atoms. The lowest BCUT2D eigenvalue weighted by Gasteiger charge is -2.20. The maximum atomic E-state index is 12.7. The van der Waals surface area contributed by atoms with E-state index in [1.165, 1.54) is 70.6 Å². The normalized spacial score (nSPS) is 14.3. The van der Waals surface area contributed by atoms with Gasteiger partial charge in [0.2, 0.25) is 0 Å². The van der Waals surface area contributed by atoms with Crippen molar-refractivity contribution in [3.63, 3.8) is 0 Å². The number of phosphoric acid groups is 1. The van der Waals surface area contributed by atoms with E-state index in [0.29, 0.717) is 12.8 Å². The van der Waals surface area contributed by atoms with Crippen LogP contribution < -0.4 is 5.73 Å². The molecule has 0 aromatic heterocycles. The minimum atomic E-state index is -4.73. The molecule has 0 radical (unpaired) electrons. The predicted octanol–water partition coefficient (Wildman–Crippen LogP) is 12.9. The zero-order valence-corrected chi connectivity index (χ0v) is 38.9. The molecule has 0 aliphatic rings. The fraction of sp³-hybridized carbons (Fsp3) is 0.694. The van der Waals surface area contributed by atoms with Crippen molar-refractivity contribution in [2.45, 2.75) is 199 Å². The summed E-state index contributed by atoms with van der Waals surface area (Å²) in [6.07, 6.45) is 52.5. The third-order valence-corrected chi connectivity index (χ3v) is 10.6. The summed E-state index contributed by atoms with van der Waals surface area (Å²) >= 11 is 0. The summed E-state index contributed by atoms with van der Waals surface area (Å²) in [5, 5.41) is 8.90. The van der Waals surface area contributed by atoms with Gasteiger partial charge in [-0.05, 0) is 83.5 Å². The highest BCUT2D eigenvalue weighted by molar-refractivity contribution is 7.47. The molecule has 0 aliphatic carbocycles. The van der Waals surface area contributed by atoms with Gasteiger partial charge in [0.25, 0.3) is 0 Å². The fourth-order valence-electron chi connectivity index (χ4n) is 6.03. The zero-order chi connectivity index (χ0) is 44.9. The highest BCUT2D eigenvalue weighted by Gasteiger charge is 2.28. The molecule has 0 spiro atoms. The fourth-order valence-corrected chi connectivity index (χ4v) is 6.80. The van der Waals surface area contributed by atoms with Gasteiger partial charge in [0, 0.05) is 12.8 Å². The molecule has 0 heterocycles. The number of hydrogen-bond donors (Lipinski definition) is 3. The van der Waals surface area contributed by atoms with Gasteiger partial charge >= 0.3 is 25.7 Å². The third-order valence-electron chi connectivity index (χ3n) is 9.69. The van der Waals surface area contributed by atoms with Gasteiger partial charge in [0.05, 0.1) is 13.2 Å². The molecule has 0 saturated carbocycles. The smallest absolute Gasteiger partial charge is 0.472 e. The van der Waals surface area contributed by atoms with Crippen molar-refractivity contribution in [1.82, 2.24) is 0 Å². The molecular weight excluding hydrogens is 794 g/mol. The Morgan fingerprint density at radius 1 is 0.525 bits per heavy atom. The van der Waals surface area contributed by atoms with E-state index in [2.05, 4.69) is 91.3 Å². The quantitative estimate of drug-likeness (QED) is 0.0230. The number of rotatable bonds is 43. The first-order valence-corrected chi connectivity index (χ1v) is 25.0. The van der Waals surface area contributed by atoms with E-state index in [0.717, 1.165) is 77.0 Å². The van der Waals surface area contributed by atoms with E-state index in [4.69, 9.17) is 24.8 Å². The Bertz CT molecular complexity index is 1310. The summed E-state index contributed by atoms with van der Waals surface area (Å²) in [6, 6.07) is -1.53. The van der Waals surface area contributed by atoms with Crippen LogP contribution in [0.5, 0.6) is 0 Å². The molecule has 0 saturated heterocycles. The lowest BCUT2D eigenvalue weighted by molar-refractivity contribution is -0.161. The summed E-state index contributed by atoms with van der Waals surface area (Å²) < 4.78 is 32.7. The highest BCUT2D eigenvalue weighted by atomic mass is 31.2. The van der Waals surface area contributed by atoms with Crippen LogP contribution in [0, 0.1) is 0 Å². The number of carbonyl (C=O) groups is 3. The van der Waals surface area contributed by atoms with Crippen molar-refractivity contribution >= 4 is 25.7 Å². The molecule has 0 aliphatic heterocycles. The summed E-state index contributed by atoms with van der Waals surface area (Å²) in [4.78, 5) is 46.1. The molecule has 61 heavy (non-hydrogen) atoms. The Hall–Kier alpha value is -3.08. The molecule has 0 aromatic carbocycles. The Balaban J connectivity index is 4.40. The van der Waals surface area contributed by atoms with Gasteiger partial charge < -0.3 is 25.2 Å².